The van der Waals surface area contributed by atoms with Gasteiger partial charge in [-0.2, -0.15) is 0 Å². The third kappa shape index (κ3) is 2.54. The molecule has 0 atom stereocenters. The van der Waals surface area contributed by atoms with E-state index < -0.39 is 0 Å². The Kier molecular flexibility index (Phi) is 3.10. The zero-order valence-corrected chi connectivity index (χ0v) is 10.4. The van der Waals surface area contributed by atoms with Crippen molar-refractivity contribution >= 4 is 17.5 Å². The van der Waals surface area contributed by atoms with Crippen molar-refractivity contribution in [1.82, 2.24) is 4.98 Å². The fraction of sp³-hybridized carbons (Fsp3) is 0.214. The molecule has 0 unspecified atom stereocenters. The van der Waals surface area contributed by atoms with E-state index in [4.69, 9.17) is 4.74 Å². The molecule has 1 saturated heterocycles. The van der Waals surface area contributed by atoms with E-state index in [1.165, 1.54) is 0 Å². The highest BCUT2D eigenvalue weighted by Crippen LogP contribution is 2.22. The van der Waals surface area contributed by atoms with Gasteiger partial charge in [0.15, 0.2) is 0 Å². The zero-order valence-electron chi connectivity index (χ0n) is 10.4. The van der Waals surface area contributed by atoms with Crippen molar-refractivity contribution in [3.05, 3.63) is 48.3 Å². The van der Waals surface area contributed by atoms with Crippen LogP contribution in [0.1, 0.15) is 5.69 Å². The monoisotopic (exact) mass is 257 g/mol. The van der Waals surface area contributed by atoms with Crippen LogP contribution in [0, 0.1) is 0 Å². The lowest BCUT2D eigenvalue weighted by Crippen LogP contribution is -2.23. The second-order valence-corrected chi connectivity index (χ2v) is 4.37. The van der Waals surface area contributed by atoms with Gasteiger partial charge in [-0.1, -0.05) is 6.07 Å². The van der Waals surface area contributed by atoms with Crippen LogP contribution in [0.5, 0.6) is 0 Å². The average Bonchev–Trinajstić information content (AvgIpc) is 3.08. The SMILES string of the molecule is O=C1OCCN1c1cccc(NCc2ccc[nH]2)c1. The number of aromatic nitrogens is 1. The molecule has 2 N–H and O–H groups in total. The van der Waals surface area contributed by atoms with Crippen LogP contribution < -0.4 is 10.2 Å². The molecule has 0 spiro atoms. The number of cyclic esters (lactones) is 1. The molecule has 1 aromatic carbocycles. The lowest BCUT2D eigenvalue weighted by molar-refractivity contribution is 0.181. The molecule has 3 rings (SSSR count). The van der Waals surface area contributed by atoms with E-state index in [9.17, 15) is 4.79 Å². The van der Waals surface area contributed by atoms with Crippen LogP contribution in [0.25, 0.3) is 0 Å². The van der Waals surface area contributed by atoms with E-state index in [1.807, 2.05) is 42.6 Å². The number of rotatable bonds is 4. The van der Waals surface area contributed by atoms with Crippen molar-refractivity contribution in [1.29, 1.82) is 0 Å². The lowest BCUT2D eigenvalue weighted by atomic mass is 10.2. The van der Waals surface area contributed by atoms with Gasteiger partial charge in [0, 0.05) is 23.3 Å². The molecule has 0 bridgehead atoms. The Labute approximate surface area is 111 Å². The molecule has 98 valence electrons. The molecule has 1 aliphatic heterocycles. The largest absolute Gasteiger partial charge is 0.447 e. The number of nitrogens with one attached hydrogen (secondary N) is 2. The van der Waals surface area contributed by atoms with Crippen LogP contribution in [0.2, 0.25) is 0 Å². The number of carbonyl (C=O) groups is 1. The summed E-state index contributed by atoms with van der Waals surface area (Å²) in [4.78, 5) is 16.3. The molecule has 0 saturated carbocycles. The summed E-state index contributed by atoms with van der Waals surface area (Å²) in [5, 5.41) is 3.32. The van der Waals surface area contributed by atoms with Gasteiger partial charge in [-0.15, -0.1) is 0 Å². The number of amides is 1. The number of hydrogen-bond acceptors (Lipinski definition) is 3. The normalized spacial score (nSPS) is 14.5. The van der Waals surface area contributed by atoms with Crippen molar-refractivity contribution in [2.45, 2.75) is 6.54 Å². The zero-order chi connectivity index (χ0) is 13.1. The first-order valence-electron chi connectivity index (χ1n) is 6.23. The van der Waals surface area contributed by atoms with E-state index in [2.05, 4.69) is 10.3 Å². The van der Waals surface area contributed by atoms with E-state index in [0.29, 0.717) is 13.2 Å². The van der Waals surface area contributed by atoms with Gasteiger partial charge in [-0.25, -0.2) is 4.79 Å². The Morgan fingerprint density at radius 1 is 1.32 bits per heavy atom. The van der Waals surface area contributed by atoms with Crippen molar-refractivity contribution in [3.63, 3.8) is 0 Å². The highest BCUT2D eigenvalue weighted by atomic mass is 16.6. The van der Waals surface area contributed by atoms with Crippen LogP contribution in [0.4, 0.5) is 16.2 Å². The topological polar surface area (TPSA) is 57.4 Å². The summed E-state index contributed by atoms with van der Waals surface area (Å²) in [6.07, 6.45) is 1.62. The first kappa shape index (κ1) is 11.6. The van der Waals surface area contributed by atoms with Crippen molar-refractivity contribution in [2.75, 3.05) is 23.4 Å². The molecule has 5 nitrogen and oxygen atoms in total. The van der Waals surface area contributed by atoms with Gasteiger partial charge in [-0.3, -0.25) is 4.90 Å². The molecule has 2 heterocycles. The molecule has 1 aliphatic rings. The Hall–Kier alpha value is -2.43. The van der Waals surface area contributed by atoms with Crippen molar-refractivity contribution in [2.24, 2.45) is 0 Å². The number of H-pyrrole nitrogens is 1. The summed E-state index contributed by atoms with van der Waals surface area (Å²) in [5.41, 5.74) is 2.96. The minimum absolute atomic E-state index is 0.276. The third-order valence-corrected chi connectivity index (χ3v) is 3.06. The number of anilines is 2. The third-order valence-electron chi connectivity index (χ3n) is 3.06. The molecule has 19 heavy (non-hydrogen) atoms. The van der Waals surface area contributed by atoms with E-state index in [-0.39, 0.29) is 6.09 Å². The molecule has 2 aromatic rings. The second kappa shape index (κ2) is 5.06. The fourth-order valence-electron chi connectivity index (χ4n) is 2.09. The van der Waals surface area contributed by atoms with E-state index in [0.717, 1.165) is 23.6 Å². The highest BCUT2D eigenvalue weighted by Gasteiger charge is 2.23. The van der Waals surface area contributed by atoms with Gasteiger partial charge in [-0.05, 0) is 30.3 Å². The second-order valence-electron chi connectivity index (χ2n) is 4.37. The number of aromatic amines is 1. The first-order valence-corrected chi connectivity index (χ1v) is 6.23. The maximum atomic E-state index is 11.5. The molecule has 1 fully saturated rings. The standard InChI is InChI=1S/C14H15N3O2/c18-14-17(7-8-19-14)13-5-1-3-11(9-13)16-10-12-4-2-6-15-12/h1-6,9,15-16H,7-8,10H2. The van der Waals surface area contributed by atoms with Gasteiger partial charge in [0.05, 0.1) is 13.1 Å². The van der Waals surface area contributed by atoms with Gasteiger partial charge in [0.2, 0.25) is 0 Å². The Morgan fingerprint density at radius 2 is 2.26 bits per heavy atom. The summed E-state index contributed by atoms with van der Waals surface area (Å²) in [6.45, 7) is 1.79. The molecule has 0 aliphatic carbocycles. The van der Waals surface area contributed by atoms with Crippen molar-refractivity contribution < 1.29 is 9.53 Å². The van der Waals surface area contributed by atoms with Crippen LogP contribution >= 0.6 is 0 Å². The molecule has 1 aromatic heterocycles. The van der Waals surface area contributed by atoms with E-state index in [1.54, 1.807) is 4.90 Å². The summed E-state index contributed by atoms with van der Waals surface area (Å²) in [5.74, 6) is 0. The summed E-state index contributed by atoms with van der Waals surface area (Å²) >= 11 is 0. The van der Waals surface area contributed by atoms with E-state index >= 15 is 0 Å². The minimum atomic E-state index is -0.276. The number of nitrogens with zero attached hydrogens (tertiary/aromatic N) is 1. The van der Waals surface area contributed by atoms with Crippen LogP contribution in [0.15, 0.2) is 42.6 Å². The molecule has 1 amide bonds. The lowest BCUT2D eigenvalue weighted by Gasteiger charge is -2.14. The number of carbonyl (C=O) groups excluding carboxylic acids is 1. The Bertz CT molecular complexity index is 566. The summed E-state index contributed by atoms with van der Waals surface area (Å²) in [7, 11) is 0. The first-order chi connectivity index (χ1) is 9.33. The van der Waals surface area contributed by atoms with Crippen LogP contribution in [-0.4, -0.2) is 24.2 Å². The molecule has 5 heteroatoms. The quantitative estimate of drug-likeness (QED) is 0.885. The Balaban J connectivity index is 1.71. The van der Waals surface area contributed by atoms with Crippen LogP contribution in [-0.2, 0) is 11.3 Å². The van der Waals surface area contributed by atoms with Gasteiger partial charge in [0.1, 0.15) is 6.61 Å². The fourth-order valence-corrected chi connectivity index (χ4v) is 2.09. The number of hydrogen-bond donors (Lipinski definition) is 2. The Morgan fingerprint density at radius 3 is 3.00 bits per heavy atom. The van der Waals surface area contributed by atoms with Gasteiger partial charge in [0.25, 0.3) is 0 Å². The van der Waals surface area contributed by atoms with Crippen molar-refractivity contribution in [3.8, 4) is 0 Å². The average molecular weight is 257 g/mol. The molecular weight excluding hydrogens is 242 g/mol. The molecular formula is C14H15N3O2. The highest BCUT2D eigenvalue weighted by molar-refractivity contribution is 5.89. The van der Waals surface area contributed by atoms with Gasteiger partial charge >= 0.3 is 6.09 Å². The maximum Gasteiger partial charge on any atom is 0.414 e. The molecule has 0 radical (unpaired) electrons. The predicted molar refractivity (Wildman–Crippen MR) is 73.3 cm³/mol. The number of ether oxygens (including phenoxy) is 1. The van der Waals surface area contributed by atoms with Crippen LogP contribution in [0.3, 0.4) is 0 Å². The summed E-state index contributed by atoms with van der Waals surface area (Å²) in [6, 6.07) is 11.8. The predicted octanol–water partition coefficient (Wildman–Crippen LogP) is 2.58. The number of benzene rings is 1. The summed E-state index contributed by atoms with van der Waals surface area (Å²) < 4.78 is 4.94. The maximum absolute atomic E-state index is 11.5. The minimum Gasteiger partial charge on any atom is -0.447 e. The van der Waals surface area contributed by atoms with Gasteiger partial charge < -0.3 is 15.0 Å². The smallest absolute Gasteiger partial charge is 0.414 e.